The summed E-state index contributed by atoms with van der Waals surface area (Å²) in [6, 6.07) is 3.14. The quantitative estimate of drug-likeness (QED) is 0.748. The van der Waals surface area contributed by atoms with Crippen LogP contribution >= 0.6 is 0 Å². The summed E-state index contributed by atoms with van der Waals surface area (Å²) < 4.78 is 31.3. The van der Waals surface area contributed by atoms with Crippen LogP contribution in [0.3, 0.4) is 0 Å². The number of Topliss-reactive ketones (excluding diaryl/α,β-unsaturated/α-hetero) is 1. The highest BCUT2D eigenvalue weighted by Crippen LogP contribution is 2.12. The molecule has 1 unspecified atom stereocenters. The van der Waals surface area contributed by atoms with Crippen molar-refractivity contribution < 1.29 is 18.3 Å². The minimum atomic E-state index is -0.666. The molecule has 0 heterocycles. The number of carbonyl (C=O) groups excluding carboxylic acids is 1. The van der Waals surface area contributed by atoms with Crippen LogP contribution in [0.4, 0.5) is 8.78 Å². The van der Waals surface area contributed by atoms with Gasteiger partial charge in [0.1, 0.15) is 17.7 Å². The Balaban J connectivity index is 2.72. The molecule has 2 nitrogen and oxygen atoms in total. The van der Waals surface area contributed by atoms with Crippen LogP contribution in [0.15, 0.2) is 18.2 Å². The number of benzene rings is 1. The van der Waals surface area contributed by atoms with Gasteiger partial charge in [0, 0.05) is 19.1 Å². The van der Waals surface area contributed by atoms with Crippen molar-refractivity contribution in [3.63, 3.8) is 0 Å². The second kappa shape index (κ2) is 7.21. The molecule has 0 radical (unpaired) electrons. The van der Waals surface area contributed by atoms with E-state index in [1.165, 1.54) is 12.1 Å². The number of hydrogen-bond acceptors (Lipinski definition) is 2. The van der Waals surface area contributed by atoms with Gasteiger partial charge in [0.2, 0.25) is 0 Å². The maximum absolute atomic E-state index is 13.0. The molecule has 1 aromatic rings. The van der Waals surface area contributed by atoms with Gasteiger partial charge in [-0.15, -0.1) is 0 Å². The van der Waals surface area contributed by atoms with E-state index in [1.807, 2.05) is 13.8 Å². The molecule has 0 bridgehead atoms. The van der Waals surface area contributed by atoms with Gasteiger partial charge < -0.3 is 4.74 Å². The van der Waals surface area contributed by atoms with E-state index < -0.39 is 17.7 Å². The topological polar surface area (TPSA) is 26.3 Å². The minimum Gasteiger partial charge on any atom is -0.371 e. The van der Waals surface area contributed by atoms with Crippen LogP contribution in [-0.4, -0.2) is 18.5 Å². The molecule has 0 aliphatic heterocycles. The van der Waals surface area contributed by atoms with Crippen LogP contribution < -0.4 is 0 Å². The molecular weight excluding hydrogens is 238 g/mol. The normalized spacial score (nSPS) is 12.4. The van der Waals surface area contributed by atoms with Crippen LogP contribution in [0.25, 0.3) is 0 Å². The smallest absolute Gasteiger partial charge is 0.165 e. The van der Waals surface area contributed by atoms with Gasteiger partial charge in [-0.2, -0.15) is 0 Å². The Morgan fingerprint density at radius 2 is 1.83 bits per heavy atom. The summed E-state index contributed by atoms with van der Waals surface area (Å²) in [5, 5.41) is 0. The molecule has 0 saturated heterocycles. The first-order valence-corrected chi connectivity index (χ1v) is 6.16. The first-order chi connectivity index (χ1) is 8.56. The molecule has 0 N–H and O–H groups in total. The Bertz CT molecular complexity index is 379. The molecule has 0 saturated carbocycles. The molecule has 4 heteroatoms. The molecule has 0 amide bonds. The van der Waals surface area contributed by atoms with E-state index >= 15 is 0 Å². The third-order valence-electron chi connectivity index (χ3n) is 2.58. The minimum absolute atomic E-state index is 0.000648. The average molecular weight is 256 g/mol. The molecule has 1 aromatic carbocycles. The van der Waals surface area contributed by atoms with Crippen molar-refractivity contribution >= 4 is 5.78 Å². The fraction of sp³-hybridized carbons (Fsp3) is 0.500. The van der Waals surface area contributed by atoms with E-state index in [1.54, 1.807) is 0 Å². The Labute approximate surface area is 106 Å². The molecule has 0 aliphatic carbocycles. The molecule has 0 aliphatic rings. The number of halogens is 2. The second-order valence-electron chi connectivity index (χ2n) is 4.15. The summed E-state index contributed by atoms with van der Waals surface area (Å²) in [7, 11) is 0. The van der Waals surface area contributed by atoms with E-state index in [0.29, 0.717) is 18.6 Å². The van der Waals surface area contributed by atoms with Crippen molar-refractivity contribution in [2.24, 2.45) is 0 Å². The molecule has 0 aromatic heterocycles. The molecular formula is C14H18F2O2. The number of hydrogen-bond donors (Lipinski definition) is 0. The van der Waals surface area contributed by atoms with Gasteiger partial charge in [0.05, 0.1) is 0 Å². The largest absolute Gasteiger partial charge is 0.371 e. The van der Waals surface area contributed by atoms with Gasteiger partial charge in [-0.05, 0) is 31.0 Å². The van der Waals surface area contributed by atoms with Crippen molar-refractivity contribution in [2.45, 2.75) is 39.2 Å². The van der Waals surface area contributed by atoms with Gasteiger partial charge in [0.15, 0.2) is 5.78 Å². The summed E-state index contributed by atoms with van der Waals surface area (Å²) in [5.74, 6) is -1.47. The fourth-order valence-electron chi connectivity index (χ4n) is 1.83. The third-order valence-corrected chi connectivity index (χ3v) is 2.58. The van der Waals surface area contributed by atoms with Crippen molar-refractivity contribution in [3.8, 4) is 0 Å². The predicted molar refractivity (Wildman–Crippen MR) is 65.4 cm³/mol. The lowest BCUT2D eigenvalue weighted by Crippen LogP contribution is -2.26. The van der Waals surface area contributed by atoms with Gasteiger partial charge in [0.25, 0.3) is 0 Å². The lowest BCUT2D eigenvalue weighted by Gasteiger charge is -2.15. The van der Waals surface area contributed by atoms with Crippen LogP contribution in [0, 0.1) is 11.6 Å². The Morgan fingerprint density at radius 1 is 1.22 bits per heavy atom. The van der Waals surface area contributed by atoms with E-state index in [4.69, 9.17) is 4.74 Å². The van der Waals surface area contributed by atoms with Crippen molar-refractivity contribution in [1.29, 1.82) is 0 Å². The van der Waals surface area contributed by atoms with Crippen LogP contribution in [0.2, 0.25) is 0 Å². The molecule has 1 rings (SSSR count). The maximum Gasteiger partial charge on any atom is 0.165 e. The molecule has 1 atom stereocenters. The van der Waals surface area contributed by atoms with Crippen molar-refractivity contribution in [2.75, 3.05) is 6.61 Å². The SMILES string of the molecule is CCCC(OCC)C(=O)Cc1cc(F)cc(F)c1. The third kappa shape index (κ3) is 4.53. The van der Waals surface area contributed by atoms with E-state index in [0.717, 1.165) is 12.5 Å². The average Bonchev–Trinajstić information content (AvgIpc) is 2.27. The highest BCUT2D eigenvalue weighted by molar-refractivity contribution is 5.85. The Kier molecular flexibility index (Phi) is 5.92. The summed E-state index contributed by atoms with van der Waals surface area (Å²) >= 11 is 0. The molecule has 0 fully saturated rings. The summed E-state index contributed by atoms with van der Waals surface area (Å²) in [4.78, 5) is 11.9. The van der Waals surface area contributed by atoms with Crippen LogP contribution in [0.5, 0.6) is 0 Å². The van der Waals surface area contributed by atoms with Gasteiger partial charge in [-0.1, -0.05) is 13.3 Å². The monoisotopic (exact) mass is 256 g/mol. The summed E-state index contributed by atoms with van der Waals surface area (Å²) in [6.45, 7) is 4.23. The molecule has 100 valence electrons. The number of ketones is 1. The Morgan fingerprint density at radius 3 is 2.33 bits per heavy atom. The van der Waals surface area contributed by atoms with Gasteiger partial charge >= 0.3 is 0 Å². The van der Waals surface area contributed by atoms with E-state index in [-0.39, 0.29) is 12.2 Å². The zero-order valence-corrected chi connectivity index (χ0v) is 10.7. The zero-order chi connectivity index (χ0) is 13.5. The van der Waals surface area contributed by atoms with Crippen LogP contribution in [0.1, 0.15) is 32.3 Å². The first-order valence-electron chi connectivity index (χ1n) is 6.16. The van der Waals surface area contributed by atoms with Crippen molar-refractivity contribution in [3.05, 3.63) is 35.4 Å². The summed E-state index contributed by atoms with van der Waals surface area (Å²) in [5.41, 5.74) is 0.346. The number of rotatable bonds is 7. The highest BCUT2D eigenvalue weighted by Gasteiger charge is 2.18. The lowest BCUT2D eigenvalue weighted by atomic mass is 10.0. The highest BCUT2D eigenvalue weighted by atomic mass is 19.1. The van der Waals surface area contributed by atoms with Gasteiger partial charge in [-0.25, -0.2) is 8.78 Å². The standard InChI is InChI=1S/C14H18F2O2/c1-3-5-14(18-4-2)13(17)8-10-6-11(15)9-12(16)7-10/h6-7,9,14H,3-5,8H2,1-2H3. The molecule has 18 heavy (non-hydrogen) atoms. The molecule has 0 spiro atoms. The zero-order valence-electron chi connectivity index (χ0n) is 10.7. The number of carbonyl (C=O) groups is 1. The second-order valence-corrected chi connectivity index (χ2v) is 4.15. The van der Waals surface area contributed by atoms with Gasteiger partial charge in [-0.3, -0.25) is 4.79 Å². The maximum atomic E-state index is 13.0. The summed E-state index contributed by atoms with van der Waals surface area (Å²) in [6.07, 6.45) is 0.976. The predicted octanol–water partition coefficient (Wildman–Crippen LogP) is 3.28. The van der Waals surface area contributed by atoms with E-state index in [2.05, 4.69) is 0 Å². The number of ether oxygens (including phenoxy) is 1. The van der Waals surface area contributed by atoms with E-state index in [9.17, 15) is 13.6 Å². The first kappa shape index (κ1) is 14.8. The Hall–Kier alpha value is -1.29. The van der Waals surface area contributed by atoms with Crippen LogP contribution in [-0.2, 0) is 16.0 Å². The van der Waals surface area contributed by atoms with Crippen molar-refractivity contribution in [1.82, 2.24) is 0 Å². The lowest BCUT2D eigenvalue weighted by molar-refractivity contribution is -0.130. The fourth-order valence-corrected chi connectivity index (χ4v) is 1.83.